The fourth-order valence-corrected chi connectivity index (χ4v) is 3.10. The second kappa shape index (κ2) is 7.24. The van der Waals surface area contributed by atoms with E-state index in [1.807, 2.05) is 18.2 Å². The highest BCUT2D eigenvalue weighted by Gasteiger charge is 2.21. The van der Waals surface area contributed by atoms with Crippen molar-refractivity contribution >= 4 is 11.4 Å². The van der Waals surface area contributed by atoms with Gasteiger partial charge in [0.2, 0.25) is 0 Å². The number of benzene rings is 2. The van der Waals surface area contributed by atoms with E-state index in [-0.39, 0.29) is 10.6 Å². The Labute approximate surface area is 136 Å². The molecule has 3 rings (SSSR count). The van der Waals surface area contributed by atoms with Crippen LogP contribution in [0.25, 0.3) is 0 Å². The Morgan fingerprint density at radius 1 is 0.913 bits per heavy atom. The number of hydrogen-bond acceptors (Lipinski definition) is 4. The monoisotopic (exact) mass is 311 g/mol. The van der Waals surface area contributed by atoms with Crippen LogP contribution in [-0.2, 0) is 6.54 Å². The standard InChI is InChI=1S/C18H21N3O2/c22-21(23)18-10-5-4-9-17(18)20-12-6-11-19(13-14-20)15-16-7-2-1-3-8-16/h1-5,7-10H,6,11-15H2. The van der Waals surface area contributed by atoms with E-state index in [1.165, 1.54) is 5.56 Å². The number of hydrogen-bond donors (Lipinski definition) is 0. The third-order valence-electron chi connectivity index (χ3n) is 4.26. The van der Waals surface area contributed by atoms with Gasteiger partial charge in [0.1, 0.15) is 5.69 Å². The fraction of sp³-hybridized carbons (Fsp3) is 0.333. The average Bonchev–Trinajstić information content (AvgIpc) is 2.81. The molecule has 0 atom stereocenters. The van der Waals surface area contributed by atoms with Crippen LogP contribution in [-0.4, -0.2) is 36.0 Å². The molecular weight excluding hydrogens is 290 g/mol. The van der Waals surface area contributed by atoms with Gasteiger partial charge in [0.15, 0.2) is 0 Å². The Balaban J connectivity index is 1.68. The highest BCUT2D eigenvalue weighted by atomic mass is 16.6. The van der Waals surface area contributed by atoms with Crippen molar-refractivity contribution in [2.45, 2.75) is 13.0 Å². The molecule has 0 unspecified atom stereocenters. The average molecular weight is 311 g/mol. The first kappa shape index (κ1) is 15.5. The Morgan fingerprint density at radius 2 is 1.65 bits per heavy atom. The quantitative estimate of drug-likeness (QED) is 0.642. The minimum absolute atomic E-state index is 0.198. The van der Waals surface area contributed by atoms with Crippen molar-refractivity contribution in [2.75, 3.05) is 31.1 Å². The van der Waals surface area contributed by atoms with Gasteiger partial charge in [0, 0.05) is 38.8 Å². The first-order valence-corrected chi connectivity index (χ1v) is 7.99. The first-order valence-electron chi connectivity index (χ1n) is 7.99. The van der Waals surface area contributed by atoms with Crippen LogP contribution in [0, 0.1) is 10.1 Å². The Hall–Kier alpha value is -2.40. The lowest BCUT2D eigenvalue weighted by Crippen LogP contribution is -2.30. The molecule has 1 saturated heterocycles. The third kappa shape index (κ3) is 3.87. The normalized spacial score (nSPS) is 16.1. The first-order chi connectivity index (χ1) is 11.2. The second-order valence-electron chi connectivity index (χ2n) is 5.85. The summed E-state index contributed by atoms with van der Waals surface area (Å²) in [5.41, 5.74) is 2.25. The number of para-hydroxylation sites is 2. The minimum Gasteiger partial charge on any atom is -0.365 e. The van der Waals surface area contributed by atoms with Crippen LogP contribution < -0.4 is 4.90 Å². The molecule has 2 aromatic carbocycles. The molecule has 0 amide bonds. The lowest BCUT2D eigenvalue weighted by molar-refractivity contribution is -0.384. The van der Waals surface area contributed by atoms with Crippen molar-refractivity contribution in [1.82, 2.24) is 4.90 Å². The second-order valence-corrected chi connectivity index (χ2v) is 5.85. The molecule has 1 fully saturated rings. The van der Waals surface area contributed by atoms with E-state index in [0.717, 1.165) is 44.8 Å². The van der Waals surface area contributed by atoms with Crippen molar-refractivity contribution in [3.63, 3.8) is 0 Å². The predicted octanol–water partition coefficient (Wildman–Crippen LogP) is 3.31. The van der Waals surface area contributed by atoms with Gasteiger partial charge in [-0.15, -0.1) is 0 Å². The summed E-state index contributed by atoms with van der Waals surface area (Å²) >= 11 is 0. The maximum atomic E-state index is 11.2. The molecular formula is C18H21N3O2. The van der Waals surface area contributed by atoms with Gasteiger partial charge < -0.3 is 4.90 Å². The number of nitro groups is 1. The van der Waals surface area contributed by atoms with Crippen LogP contribution in [0.4, 0.5) is 11.4 Å². The van der Waals surface area contributed by atoms with E-state index in [2.05, 4.69) is 34.1 Å². The van der Waals surface area contributed by atoms with E-state index in [1.54, 1.807) is 12.1 Å². The maximum Gasteiger partial charge on any atom is 0.292 e. The van der Waals surface area contributed by atoms with Crippen LogP contribution in [0.5, 0.6) is 0 Å². The summed E-state index contributed by atoms with van der Waals surface area (Å²) in [5, 5.41) is 11.2. The largest absolute Gasteiger partial charge is 0.365 e. The zero-order chi connectivity index (χ0) is 16.1. The molecule has 0 bridgehead atoms. The minimum atomic E-state index is -0.290. The Kier molecular flexibility index (Phi) is 4.88. The molecule has 1 heterocycles. The predicted molar refractivity (Wildman–Crippen MR) is 91.6 cm³/mol. The zero-order valence-electron chi connectivity index (χ0n) is 13.1. The highest BCUT2D eigenvalue weighted by molar-refractivity contribution is 5.63. The summed E-state index contributed by atoms with van der Waals surface area (Å²) in [6, 6.07) is 17.5. The van der Waals surface area contributed by atoms with Gasteiger partial charge in [-0.2, -0.15) is 0 Å². The van der Waals surface area contributed by atoms with E-state index < -0.39 is 0 Å². The Morgan fingerprint density at radius 3 is 2.43 bits per heavy atom. The number of anilines is 1. The van der Waals surface area contributed by atoms with Crippen LogP contribution >= 0.6 is 0 Å². The van der Waals surface area contributed by atoms with Gasteiger partial charge >= 0.3 is 0 Å². The molecule has 5 nitrogen and oxygen atoms in total. The van der Waals surface area contributed by atoms with Crippen LogP contribution in [0.3, 0.4) is 0 Å². The van der Waals surface area contributed by atoms with Gasteiger partial charge in [-0.25, -0.2) is 0 Å². The number of rotatable bonds is 4. The summed E-state index contributed by atoms with van der Waals surface area (Å²) in [4.78, 5) is 15.5. The highest BCUT2D eigenvalue weighted by Crippen LogP contribution is 2.28. The number of nitrogens with zero attached hydrogens (tertiary/aromatic N) is 3. The topological polar surface area (TPSA) is 49.6 Å². The zero-order valence-corrected chi connectivity index (χ0v) is 13.1. The van der Waals surface area contributed by atoms with Gasteiger partial charge in [0.25, 0.3) is 5.69 Å². The number of nitro benzene ring substituents is 1. The SMILES string of the molecule is O=[N+]([O-])c1ccccc1N1CCCN(Cc2ccccc2)CC1. The van der Waals surface area contributed by atoms with Crippen LogP contribution in [0.15, 0.2) is 54.6 Å². The van der Waals surface area contributed by atoms with Crippen molar-refractivity contribution < 1.29 is 4.92 Å². The third-order valence-corrected chi connectivity index (χ3v) is 4.26. The molecule has 5 heteroatoms. The molecule has 120 valence electrons. The summed E-state index contributed by atoms with van der Waals surface area (Å²) < 4.78 is 0. The van der Waals surface area contributed by atoms with Crippen LogP contribution in [0.1, 0.15) is 12.0 Å². The van der Waals surface area contributed by atoms with Crippen molar-refractivity contribution in [2.24, 2.45) is 0 Å². The molecule has 1 aliphatic rings. The molecule has 0 radical (unpaired) electrons. The van der Waals surface area contributed by atoms with E-state index in [0.29, 0.717) is 0 Å². The molecule has 0 saturated carbocycles. The van der Waals surface area contributed by atoms with Gasteiger partial charge in [-0.1, -0.05) is 42.5 Å². The molecule has 0 spiro atoms. The molecule has 2 aromatic rings. The van der Waals surface area contributed by atoms with E-state index >= 15 is 0 Å². The lowest BCUT2D eigenvalue weighted by atomic mass is 10.2. The van der Waals surface area contributed by atoms with Crippen LogP contribution in [0.2, 0.25) is 0 Å². The Bertz CT molecular complexity index is 660. The van der Waals surface area contributed by atoms with Crippen molar-refractivity contribution in [1.29, 1.82) is 0 Å². The molecule has 23 heavy (non-hydrogen) atoms. The van der Waals surface area contributed by atoms with E-state index in [4.69, 9.17) is 0 Å². The van der Waals surface area contributed by atoms with E-state index in [9.17, 15) is 10.1 Å². The summed E-state index contributed by atoms with van der Waals surface area (Å²) in [6.07, 6.45) is 1.01. The van der Waals surface area contributed by atoms with Crippen molar-refractivity contribution in [3.05, 3.63) is 70.3 Å². The smallest absolute Gasteiger partial charge is 0.292 e. The van der Waals surface area contributed by atoms with Gasteiger partial charge in [-0.3, -0.25) is 15.0 Å². The van der Waals surface area contributed by atoms with Gasteiger partial charge in [-0.05, 0) is 18.1 Å². The summed E-state index contributed by atoms with van der Waals surface area (Å²) in [6.45, 7) is 4.55. The lowest BCUT2D eigenvalue weighted by Gasteiger charge is -2.23. The van der Waals surface area contributed by atoms with Crippen molar-refractivity contribution in [3.8, 4) is 0 Å². The molecule has 0 aliphatic carbocycles. The summed E-state index contributed by atoms with van der Waals surface area (Å²) in [5.74, 6) is 0. The molecule has 0 N–H and O–H groups in total. The van der Waals surface area contributed by atoms with Gasteiger partial charge in [0.05, 0.1) is 4.92 Å². The molecule has 0 aromatic heterocycles. The maximum absolute atomic E-state index is 11.2. The summed E-state index contributed by atoms with van der Waals surface area (Å²) in [7, 11) is 0. The fourth-order valence-electron chi connectivity index (χ4n) is 3.10. The molecule has 1 aliphatic heterocycles.